The van der Waals surface area contributed by atoms with Crippen LogP contribution in [0.25, 0.3) is 77.6 Å². The summed E-state index contributed by atoms with van der Waals surface area (Å²) in [5.41, 5.74) is 9.33. The van der Waals surface area contributed by atoms with Crippen molar-refractivity contribution in [2.45, 2.75) is 0 Å². The van der Waals surface area contributed by atoms with Crippen LogP contribution in [0.5, 0.6) is 0 Å². The minimum atomic E-state index is 0.726. The average molecular weight is 536 g/mol. The third-order valence-electron chi connectivity index (χ3n) is 7.85. The zero-order valence-electron chi connectivity index (χ0n) is 22.8. The molecule has 3 nitrogen and oxygen atoms in total. The summed E-state index contributed by atoms with van der Waals surface area (Å²) < 4.78 is 0. The van der Waals surface area contributed by atoms with E-state index in [-0.39, 0.29) is 0 Å². The highest BCUT2D eigenvalue weighted by molar-refractivity contribution is 6.17. The summed E-state index contributed by atoms with van der Waals surface area (Å²) in [5, 5.41) is 4.53. The number of pyridine rings is 1. The van der Waals surface area contributed by atoms with E-state index >= 15 is 0 Å². The Labute approximate surface area is 243 Å². The lowest BCUT2D eigenvalue weighted by molar-refractivity contribution is 1.23. The fourth-order valence-corrected chi connectivity index (χ4v) is 5.91. The van der Waals surface area contributed by atoms with Crippen molar-refractivity contribution >= 4 is 32.6 Å². The Kier molecular flexibility index (Phi) is 5.79. The second-order valence-corrected chi connectivity index (χ2v) is 10.4. The highest BCUT2D eigenvalue weighted by Crippen LogP contribution is 2.40. The summed E-state index contributed by atoms with van der Waals surface area (Å²) >= 11 is 0. The van der Waals surface area contributed by atoms with Gasteiger partial charge in [-0.3, -0.25) is 0 Å². The predicted molar refractivity (Wildman–Crippen MR) is 174 cm³/mol. The molecule has 196 valence electrons. The molecule has 0 aliphatic rings. The van der Waals surface area contributed by atoms with Gasteiger partial charge in [-0.15, -0.1) is 0 Å². The van der Waals surface area contributed by atoms with E-state index in [9.17, 15) is 0 Å². The first-order valence-corrected chi connectivity index (χ1v) is 14.1. The minimum Gasteiger partial charge on any atom is -0.247 e. The number of aromatic nitrogens is 3. The van der Waals surface area contributed by atoms with E-state index in [1.165, 1.54) is 10.9 Å². The predicted octanol–water partition coefficient (Wildman–Crippen LogP) is 10.00. The summed E-state index contributed by atoms with van der Waals surface area (Å²) in [6.07, 6.45) is 0. The molecule has 3 heteroatoms. The van der Waals surface area contributed by atoms with Crippen LogP contribution < -0.4 is 0 Å². The molecule has 8 rings (SSSR count). The van der Waals surface area contributed by atoms with Crippen LogP contribution in [0.3, 0.4) is 0 Å². The zero-order chi connectivity index (χ0) is 27.9. The molecule has 0 spiro atoms. The van der Waals surface area contributed by atoms with Crippen LogP contribution in [0.2, 0.25) is 0 Å². The van der Waals surface area contributed by atoms with Crippen molar-refractivity contribution in [3.05, 3.63) is 152 Å². The molecule has 0 atom stereocenters. The van der Waals surface area contributed by atoms with Crippen LogP contribution in [0.1, 0.15) is 0 Å². The number of hydrogen-bond donors (Lipinski definition) is 0. The largest absolute Gasteiger partial charge is 0.247 e. The third-order valence-corrected chi connectivity index (χ3v) is 7.85. The van der Waals surface area contributed by atoms with Crippen molar-refractivity contribution in [2.24, 2.45) is 0 Å². The fraction of sp³-hybridized carbons (Fsp3) is 0. The van der Waals surface area contributed by atoms with Crippen molar-refractivity contribution in [3.63, 3.8) is 0 Å². The van der Waals surface area contributed by atoms with Crippen LogP contribution in [0.4, 0.5) is 0 Å². The molecule has 0 bridgehead atoms. The smallest absolute Gasteiger partial charge is 0.160 e. The van der Waals surface area contributed by atoms with Crippen LogP contribution in [0.15, 0.2) is 152 Å². The Bertz CT molecular complexity index is 2240. The van der Waals surface area contributed by atoms with Crippen LogP contribution >= 0.6 is 0 Å². The van der Waals surface area contributed by atoms with E-state index in [4.69, 9.17) is 15.0 Å². The first-order chi connectivity index (χ1) is 20.8. The Balaban J connectivity index is 1.38. The molecule has 0 unspecified atom stereocenters. The third kappa shape index (κ3) is 4.11. The first-order valence-electron chi connectivity index (χ1n) is 14.1. The van der Waals surface area contributed by atoms with Crippen LogP contribution in [-0.4, -0.2) is 15.0 Å². The lowest BCUT2D eigenvalue weighted by Gasteiger charge is -2.15. The molecular weight excluding hydrogens is 510 g/mol. The second-order valence-electron chi connectivity index (χ2n) is 10.4. The molecule has 0 N–H and O–H groups in total. The number of para-hydroxylation sites is 2. The highest BCUT2D eigenvalue weighted by atomic mass is 14.9. The van der Waals surface area contributed by atoms with E-state index in [0.717, 1.165) is 66.7 Å². The first kappa shape index (κ1) is 24.2. The van der Waals surface area contributed by atoms with Crippen molar-refractivity contribution < 1.29 is 0 Å². The van der Waals surface area contributed by atoms with Gasteiger partial charge in [-0.2, -0.15) is 0 Å². The summed E-state index contributed by atoms with van der Waals surface area (Å²) in [7, 11) is 0. The Morgan fingerprint density at radius 1 is 0.333 bits per heavy atom. The van der Waals surface area contributed by atoms with Crippen molar-refractivity contribution in [2.75, 3.05) is 0 Å². The van der Waals surface area contributed by atoms with E-state index in [0.29, 0.717) is 0 Å². The summed E-state index contributed by atoms with van der Waals surface area (Å²) in [5.74, 6) is 0.726. The van der Waals surface area contributed by atoms with E-state index in [2.05, 4.69) is 121 Å². The topological polar surface area (TPSA) is 38.7 Å². The lowest BCUT2D eigenvalue weighted by atomic mass is 9.92. The van der Waals surface area contributed by atoms with Crippen molar-refractivity contribution in [1.82, 2.24) is 15.0 Å². The molecule has 0 saturated heterocycles. The number of benzene rings is 6. The Morgan fingerprint density at radius 2 is 0.881 bits per heavy atom. The molecule has 0 saturated carbocycles. The Hall–Kier alpha value is -5.67. The van der Waals surface area contributed by atoms with Crippen LogP contribution in [0, 0.1) is 0 Å². The number of fused-ring (bicyclic) bond motifs is 4. The SMILES string of the molecule is c1ccc(-c2nc(-c3cccc(-c4cccc5c(-c6ccccc6)nc6ccccc6c45)c3)c3ccccc3n2)cc1. The quantitative estimate of drug-likeness (QED) is 0.211. The van der Waals surface area contributed by atoms with E-state index in [1.54, 1.807) is 0 Å². The minimum absolute atomic E-state index is 0.726. The molecule has 0 fully saturated rings. The maximum atomic E-state index is 5.13. The Morgan fingerprint density at radius 3 is 1.67 bits per heavy atom. The van der Waals surface area contributed by atoms with Crippen molar-refractivity contribution in [3.8, 4) is 45.0 Å². The molecule has 42 heavy (non-hydrogen) atoms. The normalized spacial score (nSPS) is 11.3. The van der Waals surface area contributed by atoms with Gasteiger partial charge in [0.2, 0.25) is 0 Å². The lowest BCUT2D eigenvalue weighted by Crippen LogP contribution is -1.95. The molecule has 2 aromatic heterocycles. The molecule has 2 heterocycles. The monoisotopic (exact) mass is 535 g/mol. The molecule has 0 aliphatic carbocycles. The van der Waals surface area contributed by atoms with Gasteiger partial charge < -0.3 is 0 Å². The highest BCUT2D eigenvalue weighted by Gasteiger charge is 2.16. The van der Waals surface area contributed by atoms with Gasteiger partial charge in [-0.05, 0) is 29.3 Å². The summed E-state index contributed by atoms with van der Waals surface area (Å²) in [4.78, 5) is 15.2. The zero-order valence-corrected chi connectivity index (χ0v) is 22.8. The molecule has 0 aliphatic heterocycles. The summed E-state index contributed by atoms with van der Waals surface area (Å²) in [6, 6.07) is 52.6. The van der Waals surface area contributed by atoms with Gasteiger partial charge in [0, 0.05) is 38.2 Å². The van der Waals surface area contributed by atoms with Gasteiger partial charge in [-0.25, -0.2) is 15.0 Å². The van der Waals surface area contributed by atoms with Gasteiger partial charge in [0.05, 0.1) is 22.4 Å². The van der Waals surface area contributed by atoms with E-state index in [1.807, 2.05) is 30.3 Å². The molecule has 6 aromatic carbocycles. The van der Waals surface area contributed by atoms with Crippen molar-refractivity contribution in [1.29, 1.82) is 0 Å². The molecule has 8 aromatic rings. The maximum absolute atomic E-state index is 5.13. The van der Waals surface area contributed by atoms with Gasteiger partial charge in [0.15, 0.2) is 5.82 Å². The molecule has 0 radical (unpaired) electrons. The van der Waals surface area contributed by atoms with Gasteiger partial charge in [0.25, 0.3) is 0 Å². The number of rotatable bonds is 4. The molecule has 0 amide bonds. The van der Waals surface area contributed by atoms with Gasteiger partial charge >= 0.3 is 0 Å². The van der Waals surface area contributed by atoms with E-state index < -0.39 is 0 Å². The molecular formula is C39H25N3. The second kappa shape index (κ2) is 10.1. The van der Waals surface area contributed by atoms with Gasteiger partial charge in [0.1, 0.15) is 0 Å². The average Bonchev–Trinajstić information content (AvgIpc) is 3.08. The number of hydrogen-bond acceptors (Lipinski definition) is 3. The summed E-state index contributed by atoms with van der Waals surface area (Å²) in [6.45, 7) is 0. The fourth-order valence-electron chi connectivity index (χ4n) is 5.91. The van der Waals surface area contributed by atoms with Gasteiger partial charge in [-0.1, -0.05) is 133 Å². The number of nitrogens with zero attached hydrogens (tertiary/aromatic N) is 3. The van der Waals surface area contributed by atoms with Crippen LogP contribution in [-0.2, 0) is 0 Å². The standard InChI is InChI=1S/C39H25N3/c1-3-13-26(14-4-1)37-33-22-12-21-30(36(33)31-19-7-9-23-34(31)40-37)28-17-11-18-29(25-28)38-32-20-8-10-24-35(32)41-39(42-38)27-15-5-2-6-16-27/h1-25H. The maximum Gasteiger partial charge on any atom is 0.160 e.